The molecular weight excluding hydrogens is 458 g/mol. The summed E-state index contributed by atoms with van der Waals surface area (Å²) in [5, 5.41) is 8.67. The lowest BCUT2D eigenvalue weighted by molar-refractivity contribution is 0.102. The first-order chi connectivity index (χ1) is 16.1. The zero-order valence-electron chi connectivity index (χ0n) is 18.3. The van der Waals surface area contributed by atoms with E-state index in [0.717, 1.165) is 64.4 Å². The van der Waals surface area contributed by atoms with Gasteiger partial charge in [-0.2, -0.15) is 0 Å². The average molecular weight is 482 g/mol. The lowest BCUT2D eigenvalue weighted by Crippen LogP contribution is -2.36. The lowest BCUT2D eigenvalue weighted by Gasteiger charge is -2.25. The highest BCUT2D eigenvalue weighted by molar-refractivity contribution is 7.98. The molecule has 3 aromatic heterocycles. The summed E-state index contributed by atoms with van der Waals surface area (Å²) in [6.07, 6.45) is 1.70. The van der Waals surface area contributed by atoms with Crippen LogP contribution in [0.4, 0.5) is 10.8 Å². The maximum Gasteiger partial charge on any atom is 0.258 e. The first kappa shape index (κ1) is 21.9. The Balaban J connectivity index is 1.32. The van der Waals surface area contributed by atoms with Crippen molar-refractivity contribution in [3.05, 3.63) is 59.1 Å². The van der Waals surface area contributed by atoms with Gasteiger partial charge in [0, 0.05) is 36.3 Å². The summed E-state index contributed by atoms with van der Waals surface area (Å²) in [6.45, 7) is 6.94. The normalized spacial score (nSPS) is 14.1. The molecular formula is C23H23N5O3S2. The molecule has 170 valence electrons. The van der Waals surface area contributed by atoms with Gasteiger partial charge in [0.15, 0.2) is 5.13 Å². The van der Waals surface area contributed by atoms with Crippen LogP contribution in [0, 0.1) is 13.8 Å². The third-order valence-electron chi connectivity index (χ3n) is 5.47. The number of nitrogens with one attached hydrogen (secondary N) is 1. The summed E-state index contributed by atoms with van der Waals surface area (Å²) >= 11 is 3.13. The van der Waals surface area contributed by atoms with E-state index in [4.69, 9.17) is 14.2 Å². The van der Waals surface area contributed by atoms with Crippen molar-refractivity contribution in [2.45, 2.75) is 24.6 Å². The van der Waals surface area contributed by atoms with Crippen molar-refractivity contribution in [3.8, 4) is 0 Å². The van der Waals surface area contributed by atoms with Gasteiger partial charge < -0.3 is 19.5 Å². The molecule has 0 unspecified atom stereocenters. The average Bonchev–Trinajstić information content (AvgIpc) is 3.41. The summed E-state index contributed by atoms with van der Waals surface area (Å²) < 4.78 is 11.7. The highest BCUT2D eigenvalue weighted by Gasteiger charge is 2.18. The SMILES string of the molecule is Cc1noc(C)c1CSc1ncccc1C(=O)Nc1ccc2nc(N3CCOCC3)sc2c1. The van der Waals surface area contributed by atoms with E-state index in [0.29, 0.717) is 16.3 Å². The molecule has 0 saturated carbocycles. The van der Waals surface area contributed by atoms with Gasteiger partial charge in [-0.3, -0.25) is 4.79 Å². The fourth-order valence-electron chi connectivity index (χ4n) is 3.61. The number of nitrogens with zero attached hydrogens (tertiary/aromatic N) is 4. The van der Waals surface area contributed by atoms with E-state index in [9.17, 15) is 4.79 Å². The Kier molecular flexibility index (Phi) is 6.30. The number of morpholine rings is 1. The number of aryl methyl sites for hydroxylation is 2. The number of hydrogen-bond acceptors (Lipinski definition) is 9. The Morgan fingerprint density at radius 2 is 2.09 bits per heavy atom. The van der Waals surface area contributed by atoms with E-state index < -0.39 is 0 Å². The van der Waals surface area contributed by atoms with Gasteiger partial charge in [0.05, 0.1) is 34.7 Å². The number of aromatic nitrogens is 3. The highest BCUT2D eigenvalue weighted by Crippen LogP contribution is 2.32. The van der Waals surface area contributed by atoms with Crippen LogP contribution < -0.4 is 10.2 Å². The quantitative estimate of drug-likeness (QED) is 0.397. The number of thioether (sulfide) groups is 1. The van der Waals surface area contributed by atoms with E-state index in [1.165, 1.54) is 11.8 Å². The van der Waals surface area contributed by atoms with Gasteiger partial charge in [0.25, 0.3) is 5.91 Å². The molecule has 8 nitrogen and oxygen atoms in total. The molecule has 1 aliphatic rings. The van der Waals surface area contributed by atoms with Crippen LogP contribution in [-0.2, 0) is 10.5 Å². The van der Waals surface area contributed by atoms with Gasteiger partial charge in [0.1, 0.15) is 10.8 Å². The fraction of sp³-hybridized carbons (Fsp3) is 0.304. The van der Waals surface area contributed by atoms with Crippen molar-refractivity contribution in [1.82, 2.24) is 15.1 Å². The molecule has 0 bridgehead atoms. The zero-order valence-corrected chi connectivity index (χ0v) is 20.0. The largest absolute Gasteiger partial charge is 0.378 e. The van der Waals surface area contributed by atoms with Crippen LogP contribution in [0.3, 0.4) is 0 Å². The second-order valence-corrected chi connectivity index (χ2v) is 9.65. The fourth-order valence-corrected chi connectivity index (χ4v) is 5.81. The van der Waals surface area contributed by atoms with Crippen molar-refractivity contribution in [3.63, 3.8) is 0 Å². The zero-order chi connectivity index (χ0) is 22.8. The van der Waals surface area contributed by atoms with Gasteiger partial charge in [-0.15, -0.1) is 11.8 Å². The monoisotopic (exact) mass is 481 g/mol. The summed E-state index contributed by atoms with van der Waals surface area (Å²) in [7, 11) is 0. The van der Waals surface area contributed by atoms with Crippen LogP contribution in [0.1, 0.15) is 27.4 Å². The molecule has 10 heteroatoms. The Labute approximate surface area is 199 Å². The number of pyridine rings is 1. The van der Waals surface area contributed by atoms with Crippen molar-refractivity contribution in [2.24, 2.45) is 0 Å². The second kappa shape index (κ2) is 9.50. The minimum absolute atomic E-state index is 0.193. The third-order valence-corrected chi connectivity index (χ3v) is 7.58. The first-order valence-electron chi connectivity index (χ1n) is 10.6. The van der Waals surface area contributed by atoms with Crippen LogP contribution in [0.15, 0.2) is 46.1 Å². The molecule has 1 aromatic carbocycles. The Bertz CT molecular complexity index is 1280. The number of anilines is 2. The summed E-state index contributed by atoms with van der Waals surface area (Å²) in [5.74, 6) is 1.23. The van der Waals surface area contributed by atoms with E-state index in [-0.39, 0.29) is 5.91 Å². The maximum atomic E-state index is 13.1. The topological polar surface area (TPSA) is 93.4 Å². The van der Waals surface area contributed by atoms with Crippen LogP contribution in [0.5, 0.6) is 0 Å². The van der Waals surface area contributed by atoms with Gasteiger partial charge in [0.2, 0.25) is 0 Å². The number of hydrogen-bond donors (Lipinski definition) is 1. The van der Waals surface area contributed by atoms with Crippen LogP contribution in [0.2, 0.25) is 0 Å². The molecule has 1 fully saturated rings. The Morgan fingerprint density at radius 1 is 1.24 bits per heavy atom. The second-order valence-electron chi connectivity index (χ2n) is 7.68. The van der Waals surface area contributed by atoms with E-state index in [1.54, 1.807) is 29.7 Å². The van der Waals surface area contributed by atoms with Crippen LogP contribution in [-0.4, -0.2) is 47.3 Å². The molecule has 4 heterocycles. The van der Waals surface area contributed by atoms with Gasteiger partial charge >= 0.3 is 0 Å². The van der Waals surface area contributed by atoms with Crippen molar-refractivity contribution < 1.29 is 14.1 Å². The molecule has 33 heavy (non-hydrogen) atoms. The first-order valence-corrected chi connectivity index (χ1v) is 12.4. The molecule has 0 atom stereocenters. The molecule has 1 saturated heterocycles. The van der Waals surface area contributed by atoms with Crippen molar-refractivity contribution >= 4 is 50.0 Å². The smallest absolute Gasteiger partial charge is 0.258 e. The Morgan fingerprint density at radius 3 is 2.88 bits per heavy atom. The molecule has 4 aromatic rings. The van der Waals surface area contributed by atoms with Gasteiger partial charge in [-0.1, -0.05) is 16.5 Å². The van der Waals surface area contributed by atoms with Crippen LogP contribution in [0.25, 0.3) is 10.2 Å². The Hall–Kier alpha value is -2.95. The van der Waals surface area contributed by atoms with E-state index in [1.807, 2.05) is 32.0 Å². The molecule has 1 N–H and O–H groups in total. The summed E-state index contributed by atoms with van der Waals surface area (Å²) in [6, 6.07) is 9.37. The third kappa shape index (κ3) is 4.73. The predicted molar refractivity (Wildman–Crippen MR) is 130 cm³/mol. The van der Waals surface area contributed by atoms with Crippen molar-refractivity contribution in [2.75, 3.05) is 36.5 Å². The molecule has 1 aliphatic heterocycles. The number of thiazole rings is 1. The molecule has 0 aliphatic carbocycles. The van der Waals surface area contributed by atoms with E-state index >= 15 is 0 Å². The molecule has 0 spiro atoms. The van der Waals surface area contributed by atoms with Gasteiger partial charge in [-0.05, 0) is 44.2 Å². The van der Waals surface area contributed by atoms with Gasteiger partial charge in [-0.25, -0.2) is 9.97 Å². The number of benzene rings is 1. The maximum absolute atomic E-state index is 13.1. The minimum Gasteiger partial charge on any atom is -0.378 e. The summed E-state index contributed by atoms with van der Waals surface area (Å²) in [4.78, 5) is 24.5. The number of amides is 1. The predicted octanol–water partition coefficient (Wildman–Crippen LogP) is 4.68. The number of fused-ring (bicyclic) bond motifs is 1. The summed E-state index contributed by atoms with van der Waals surface area (Å²) in [5.41, 5.74) is 4.08. The number of ether oxygens (including phenoxy) is 1. The minimum atomic E-state index is -0.193. The number of carbonyl (C=O) groups excluding carboxylic acids is 1. The van der Waals surface area contributed by atoms with Crippen molar-refractivity contribution in [1.29, 1.82) is 0 Å². The van der Waals surface area contributed by atoms with E-state index in [2.05, 4.69) is 20.4 Å². The molecule has 1 amide bonds. The number of carbonyl (C=O) groups is 1. The number of rotatable bonds is 6. The molecule has 0 radical (unpaired) electrons. The van der Waals surface area contributed by atoms with Crippen LogP contribution >= 0.6 is 23.1 Å². The highest BCUT2D eigenvalue weighted by atomic mass is 32.2. The molecule has 5 rings (SSSR count). The standard InChI is InChI=1S/C23H23N5O3S2/c1-14-18(15(2)31-27-14)13-32-22-17(4-3-7-24-22)21(29)25-16-5-6-19-20(12-16)33-23(26-19)28-8-10-30-11-9-28/h3-7,12H,8-11,13H2,1-2H3,(H,25,29). The lowest BCUT2D eigenvalue weighted by atomic mass is 10.2.